The molecule has 0 saturated carbocycles. The summed E-state index contributed by atoms with van der Waals surface area (Å²) in [4.78, 5) is 24.8. The number of nitrogens with two attached hydrogens (primary N) is 1. The molecule has 4 N–H and O–H groups in total. The van der Waals surface area contributed by atoms with Crippen LogP contribution in [0.5, 0.6) is 0 Å². The van der Waals surface area contributed by atoms with Crippen molar-refractivity contribution in [1.29, 1.82) is 0 Å². The monoisotopic (exact) mass is 452 g/mol. The quantitative estimate of drug-likeness (QED) is 0.419. The molecule has 33 heavy (non-hydrogen) atoms. The van der Waals surface area contributed by atoms with Crippen LogP contribution in [0.3, 0.4) is 0 Å². The Bertz CT molecular complexity index is 1390. The third-order valence-corrected chi connectivity index (χ3v) is 5.84. The summed E-state index contributed by atoms with van der Waals surface area (Å²) in [7, 11) is 0. The summed E-state index contributed by atoms with van der Waals surface area (Å²) in [6.07, 6.45) is -0.366. The molecule has 5 rings (SSSR count). The summed E-state index contributed by atoms with van der Waals surface area (Å²) < 4.78 is 32.4. The first kappa shape index (κ1) is 20.9. The third-order valence-electron chi connectivity index (χ3n) is 5.84. The predicted molar refractivity (Wildman–Crippen MR) is 123 cm³/mol. The van der Waals surface area contributed by atoms with Gasteiger partial charge in [-0.1, -0.05) is 18.2 Å². The Balaban J connectivity index is 1.52. The Morgan fingerprint density at radius 3 is 2.70 bits per heavy atom. The van der Waals surface area contributed by atoms with Gasteiger partial charge in [-0.25, -0.2) is 18.6 Å². The van der Waals surface area contributed by atoms with Crippen LogP contribution in [0.1, 0.15) is 18.4 Å². The van der Waals surface area contributed by atoms with Gasteiger partial charge in [0.1, 0.15) is 5.82 Å². The zero-order valence-electron chi connectivity index (χ0n) is 17.9. The van der Waals surface area contributed by atoms with Crippen LogP contribution in [0.2, 0.25) is 0 Å². The van der Waals surface area contributed by atoms with Gasteiger partial charge in [-0.15, -0.1) is 0 Å². The summed E-state index contributed by atoms with van der Waals surface area (Å²) in [6, 6.07) is 12.8. The number of aromatic nitrogens is 3. The second kappa shape index (κ2) is 7.88. The second-order valence-electron chi connectivity index (χ2n) is 8.11. The number of hydrogen-bond acceptors (Lipinski definition) is 7. The molecule has 1 aliphatic rings. The number of alkyl halides is 2. The average molecular weight is 452 g/mol. The fourth-order valence-corrected chi connectivity index (χ4v) is 4.11. The molecule has 170 valence electrons. The number of nitrogen functional groups attached to an aromatic ring is 1. The molecule has 2 aromatic carbocycles. The van der Waals surface area contributed by atoms with Gasteiger partial charge in [0.15, 0.2) is 5.58 Å². The number of para-hydroxylation sites is 1. The lowest BCUT2D eigenvalue weighted by Crippen LogP contribution is -2.39. The molecule has 1 fully saturated rings. The summed E-state index contributed by atoms with van der Waals surface area (Å²) in [5.74, 6) is -2.57. The molecule has 0 atom stereocenters. The lowest BCUT2D eigenvalue weighted by Gasteiger charge is -2.34. The van der Waals surface area contributed by atoms with Crippen LogP contribution in [0, 0.1) is 6.92 Å². The van der Waals surface area contributed by atoms with Gasteiger partial charge >= 0.3 is 5.76 Å². The molecular formula is C23H22F2N6O2. The Labute approximate surface area is 187 Å². The lowest BCUT2D eigenvalue weighted by molar-refractivity contribution is -0.0220. The summed E-state index contributed by atoms with van der Waals surface area (Å²) in [6.45, 7) is 2.39. The van der Waals surface area contributed by atoms with E-state index in [9.17, 15) is 13.6 Å². The Morgan fingerprint density at radius 1 is 1.15 bits per heavy atom. The number of anilines is 4. The molecule has 0 aliphatic carbocycles. The van der Waals surface area contributed by atoms with Gasteiger partial charge in [0.05, 0.1) is 11.2 Å². The average Bonchev–Trinajstić information content (AvgIpc) is 3.15. The molecule has 10 heteroatoms. The number of piperidine rings is 1. The Kier molecular flexibility index (Phi) is 4.99. The zero-order chi connectivity index (χ0) is 23.2. The highest BCUT2D eigenvalue weighted by Gasteiger charge is 2.34. The van der Waals surface area contributed by atoms with E-state index in [1.54, 1.807) is 18.2 Å². The first-order valence-electron chi connectivity index (χ1n) is 10.6. The Morgan fingerprint density at radius 2 is 1.91 bits per heavy atom. The topological polar surface area (TPSA) is 113 Å². The van der Waals surface area contributed by atoms with Crippen molar-refractivity contribution >= 4 is 34.2 Å². The number of rotatable bonds is 4. The molecule has 0 amide bonds. The van der Waals surface area contributed by atoms with Crippen LogP contribution in [0.15, 0.2) is 51.7 Å². The van der Waals surface area contributed by atoms with E-state index in [1.807, 2.05) is 36.1 Å². The maximum absolute atomic E-state index is 13.7. The van der Waals surface area contributed by atoms with Crippen molar-refractivity contribution in [3.8, 4) is 11.3 Å². The number of nitrogens with one attached hydrogen (secondary N) is 2. The smallest absolute Gasteiger partial charge is 0.408 e. The summed E-state index contributed by atoms with van der Waals surface area (Å²) in [5, 5.41) is 3.23. The fourth-order valence-electron chi connectivity index (χ4n) is 4.11. The van der Waals surface area contributed by atoms with Gasteiger partial charge in [-0.05, 0) is 31.2 Å². The molecule has 1 saturated heterocycles. The van der Waals surface area contributed by atoms with Crippen LogP contribution in [0.4, 0.5) is 31.9 Å². The van der Waals surface area contributed by atoms with E-state index in [-0.39, 0.29) is 31.9 Å². The molecular weight excluding hydrogens is 430 g/mol. The SMILES string of the molecule is Cc1c(Nc2ccc3oc(=O)[nH]c3c2)nc(N)nc1-c1ccccc1N1CCC(F)(F)CC1. The summed E-state index contributed by atoms with van der Waals surface area (Å²) >= 11 is 0. The predicted octanol–water partition coefficient (Wildman–Crippen LogP) is 4.45. The van der Waals surface area contributed by atoms with Crippen LogP contribution < -0.4 is 21.7 Å². The van der Waals surface area contributed by atoms with Crippen molar-refractivity contribution in [2.24, 2.45) is 0 Å². The maximum Gasteiger partial charge on any atom is 0.417 e. The van der Waals surface area contributed by atoms with Crippen molar-refractivity contribution in [2.75, 3.05) is 29.0 Å². The minimum Gasteiger partial charge on any atom is -0.408 e. The third kappa shape index (κ3) is 4.11. The molecule has 3 heterocycles. The highest BCUT2D eigenvalue weighted by molar-refractivity contribution is 5.83. The van der Waals surface area contributed by atoms with Gasteiger partial charge in [0, 0.05) is 48.4 Å². The number of fused-ring (bicyclic) bond motifs is 1. The van der Waals surface area contributed by atoms with E-state index in [4.69, 9.17) is 10.2 Å². The van der Waals surface area contributed by atoms with Gasteiger partial charge < -0.3 is 20.4 Å². The van der Waals surface area contributed by atoms with Crippen LogP contribution in [-0.2, 0) is 0 Å². The van der Waals surface area contributed by atoms with Crippen molar-refractivity contribution < 1.29 is 13.2 Å². The van der Waals surface area contributed by atoms with Crippen LogP contribution in [0.25, 0.3) is 22.4 Å². The van der Waals surface area contributed by atoms with Crippen molar-refractivity contribution in [3.63, 3.8) is 0 Å². The molecule has 0 radical (unpaired) electrons. The maximum atomic E-state index is 13.7. The standard InChI is InChI=1S/C23H22F2N6O2/c1-13-19(15-4-2-3-5-17(15)31-10-8-23(24,25)9-11-31)29-21(26)30-20(13)27-14-6-7-18-16(12-14)28-22(32)33-18/h2-7,12H,8-11H2,1H3,(H,28,32)(H3,26,27,29,30). The molecule has 0 bridgehead atoms. The highest BCUT2D eigenvalue weighted by Crippen LogP contribution is 2.38. The van der Waals surface area contributed by atoms with E-state index in [1.165, 1.54) is 0 Å². The van der Waals surface area contributed by atoms with E-state index in [0.29, 0.717) is 28.3 Å². The van der Waals surface area contributed by atoms with Crippen LogP contribution >= 0.6 is 0 Å². The van der Waals surface area contributed by atoms with E-state index in [2.05, 4.69) is 20.3 Å². The van der Waals surface area contributed by atoms with Crippen molar-refractivity contribution in [2.45, 2.75) is 25.7 Å². The Hall–Kier alpha value is -3.95. The first-order chi connectivity index (χ1) is 15.8. The molecule has 8 nitrogen and oxygen atoms in total. The number of benzene rings is 2. The first-order valence-corrected chi connectivity index (χ1v) is 10.6. The number of nitrogens with zero attached hydrogens (tertiary/aromatic N) is 3. The summed E-state index contributed by atoms with van der Waals surface area (Å²) in [5.41, 5.74) is 10.7. The lowest BCUT2D eigenvalue weighted by atomic mass is 10.0. The second-order valence-corrected chi connectivity index (χ2v) is 8.11. The molecule has 1 aliphatic heterocycles. The number of halogens is 2. The number of aromatic amines is 1. The highest BCUT2D eigenvalue weighted by atomic mass is 19.3. The number of H-pyrrole nitrogens is 1. The normalized spacial score (nSPS) is 15.7. The van der Waals surface area contributed by atoms with Crippen molar-refractivity contribution in [3.05, 3.63) is 58.6 Å². The van der Waals surface area contributed by atoms with Gasteiger partial charge in [0.25, 0.3) is 5.92 Å². The molecule has 2 aromatic heterocycles. The van der Waals surface area contributed by atoms with Crippen LogP contribution in [-0.4, -0.2) is 34.0 Å². The number of hydrogen-bond donors (Lipinski definition) is 3. The van der Waals surface area contributed by atoms with E-state index < -0.39 is 11.7 Å². The van der Waals surface area contributed by atoms with E-state index >= 15 is 0 Å². The zero-order valence-corrected chi connectivity index (χ0v) is 17.9. The van der Waals surface area contributed by atoms with Gasteiger partial charge in [0.2, 0.25) is 5.95 Å². The van der Waals surface area contributed by atoms with E-state index in [0.717, 1.165) is 16.8 Å². The molecule has 0 spiro atoms. The minimum atomic E-state index is -2.63. The minimum absolute atomic E-state index is 0.0795. The fraction of sp³-hybridized carbons (Fsp3) is 0.261. The van der Waals surface area contributed by atoms with Gasteiger partial charge in [-0.2, -0.15) is 4.98 Å². The molecule has 0 unspecified atom stereocenters. The van der Waals surface area contributed by atoms with Gasteiger partial charge in [-0.3, -0.25) is 4.98 Å². The number of oxazole rings is 1. The van der Waals surface area contributed by atoms with Crippen molar-refractivity contribution in [1.82, 2.24) is 15.0 Å². The largest absolute Gasteiger partial charge is 0.417 e. The molecule has 4 aromatic rings.